The van der Waals surface area contributed by atoms with Crippen molar-refractivity contribution in [2.75, 3.05) is 6.54 Å². The number of amides is 2. The number of rotatable bonds is 1. The van der Waals surface area contributed by atoms with E-state index in [1.54, 1.807) is 0 Å². The van der Waals surface area contributed by atoms with E-state index in [0.29, 0.717) is 6.54 Å². The first kappa shape index (κ1) is 10.3. The van der Waals surface area contributed by atoms with Crippen LogP contribution in [0, 0.1) is 11.8 Å². The third kappa shape index (κ3) is 2.06. The molecule has 2 N–H and O–H groups in total. The molecule has 84 valence electrons. The van der Waals surface area contributed by atoms with Crippen molar-refractivity contribution in [1.29, 1.82) is 0 Å². The third-order valence-corrected chi connectivity index (χ3v) is 2.67. The van der Waals surface area contributed by atoms with Gasteiger partial charge in [-0.05, 0) is 20.8 Å². The fourth-order valence-corrected chi connectivity index (χ4v) is 1.96. The molecule has 5 heteroatoms. The van der Waals surface area contributed by atoms with Crippen LogP contribution in [0.1, 0.15) is 20.8 Å². The molecule has 2 aliphatic rings. The predicted octanol–water partition coefficient (Wildman–Crippen LogP) is 0.255. The highest BCUT2D eigenvalue weighted by Gasteiger charge is 2.59. The lowest BCUT2D eigenvalue weighted by Gasteiger charge is -2.20. The molecule has 0 aromatic carbocycles. The molecule has 1 saturated heterocycles. The maximum Gasteiger partial charge on any atom is 0.407 e. The van der Waals surface area contributed by atoms with Gasteiger partial charge < -0.3 is 15.4 Å². The van der Waals surface area contributed by atoms with E-state index in [1.807, 2.05) is 20.8 Å². The second-order valence-corrected chi connectivity index (χ2v) is 5.11. The molecule has 2 amide bonds. The summed E-state index contributed by atoms with van der Waals surface area (Å²) in [4.78, 5) is 22.6. The summed E-state index contributed by atoms with van der Waals surface area (Å²) in [5.74, 6) is 0.281. The Balaban J connectivity index is 1.80. The van der Waals surface area contributed by atoms with Crippen LogP contribution in [0.5, 0.6) is 0 Å². The molecule has 2 rings (SSSR count). The Morgan fingerprint density at radius 1 is 1.53 bits per heavy atom. The summed E-state index contributed by atoms with van der Waals surface area (Å²) in [5, 5.41) is 5.46. The van der Waals surface area contributed by atoms with E-state index in [9.17, 15) is 9.59 Å². The Hall–Kier alpha value is -1.26. The van der Waals surface area contributed by atoms with E-state index < -0.39 is 11.7 Å². The van der Waals surface area contributed by atoms with Gasteiger partial charge in [-0.1, -0.05) is 0 Å². The molecule has 0 unspecified atom stereocenters. The normalized spacial score (nSPS) is 33.0. The molecule has 2 fully saturated rings. The van der Waals surface area contributed by atoms with Crippen LogP contribution < -0.4 is 10.6 Å². The number of nitrogens with one attached hydrogen (secondary N) is 2. The van der Waals surface area contributed by atoms with Crippen molar-refractivity contribution >= 4 is 12.0 Å². The molecule has 0 aromatic rings. The van der Waals surface area contributed by atoms with Crippen LogP contribution in [0.15, 0.2) is 0 Å². The van der Waals surface area contributed by atoms with Gasteiger partial charge in [-0.25, -0.2) is 4.79 Å². The zero-order chi connectivity index (χ0) is 11.2. The van der Waals surface area contributed by atoms with E-state index in [-0.39, 0.29) is 23.8 Å². The minimum Gasteiger partial charge on any atom is -0.444 e. The molecule has 0 spiro atoms. The summed E-state index contributed by atoms with van der Waals surface area (Å²) in [6, 6.07) is -0.0198. The maximum absolute atomic E-state index is 11.4. The molecular weight excluding hydrogens is 196 g/mol. The average molecular weight is 212 g/mol. The van der Waals surface area contributed by atoms with Crippen molar-refractivity contribution in [2.45, 2.75) is 32.4 Å². The number of carbonyl (C=O) groups is 2. The molecule has 0 bridgehead atoms. The van der Waals surface area contributed by atoms with Crippen LogP contribution in [0.25, 0.3) is 0 Å². The van der Waals surface area contributed by atoms with E-state index in [4.69, 9.17) is 4.74 Å². The Labute approximate surface area is 88.5 Å². The first-order chi connectivity index (χ1) is 6.88. The van der Waals surface area contributed by atoms with Crippen molar-refractivity contribution in [3.05, 3.63) is 0 Å². The van der Waals surface area contributed by atoms with Crippen molar-refractivity contribution < 1.29 is 14.3 Å². The fraction of sp³-hybridized carbons (Fsp3) is 0.800. The van der Waals surface area contributed by atoms with Gasteiger partial charge in [0.15, 0.2) is 0 Å². The van der Waals surface area contributed by atoms with Gasteiger partial charge >= 0.3 is 6.09 Å². The third-order valence-electron chi connectivity index (χ3n) is 2.67. The first-order valence-corrected chi connectivity index (χ1v) is 5.16. The van der Waals surface area contributed by atoms with Gasteiger partial charge in [-0.3, -0.25) is 4.79 Å². The Bertz CT molecular complexity index is 308. The zero-order valence-electron chi connectivity index (χ0n) is 9.16. The number of ether oxygens (including phenoxy) is 1. The van der Waals surface area contributed by atoms with Crippen LogP contribution in [-0.2, 0) is 9.53 Å². The summed E-state index contributed by atoms with van der Waals surface area (Å²) in [6.45, 7) is 6.11. The van der Waals surface area contributed by atoms with E-state index in [1.165, 1.54) is 0 Å². The highest BCUT2D eigenvalue weighted by molar-refractivity contribution is 5.87. The standard InChI is InChI=1S/C10H16N2O3/c1-10(2,3)15-9(14)12-7-5-4-11-8(13)6(5)7/h5-7H,4H2,1-3H3,(H,11,13)(H,12,14)/t5-,6+,7+/m0/s1. The quantitative estimate of drug-likeness (QED) is 0.655. The van der Waals surface area contributed by atoms with Crippen molar-refractivity contribution in [3.8, 4) is 0 Å². The molecule has 5 nitrogen and oxygen atoms in total. The van der Waals surface area contributed by atoms with Crippen LogP contribution in [0.2, 0.25) is 0 Å². The molecule has 1 aliphatic carbocycles. The maximum atomic E-state index is 11.4. The minimum atomic E-state index is -0.490. The molecule has 15 heavy (non-hydrogen) atoms. The van der Waals surface area contributed by atoms with Gasteiger partial charge in [0.1, 0.15) is 5.60 Å². The summed E-state index contributed by atoms with van der Waals surface area (Å²) >= 11 is 0. The molecular formula is C10H16N2O3. The predicted molar refractivity (Wildman–Crippen MR) is 53.1 cm³/mol. The van der Waals surface area contributed by atoms with Crippen molar-refractivity contribution in [1.82, 2.24) is 10.6 Å². The second-order valence-electron chi connectivity index (χ2n) is 5.11. The fourth-order valence-electron chi connectivity index (χ4n) is 1.96. The zero-order valence-corrected chi connectivity index (χ0v) is 9.16. The second kappa shape index (κ2) is 3.12. The average Bonchev–Trinajstić information content (AvgIpc) is 2.55. The highest BCUT2D eigenvalue weighted by Crippen LogP contribution is 2.42. The number of hydrogen-bond donors (Lipinski definition) is 2. The summed E-state index contributed by atoms with van der Waals surface area (Å²) in [5.41, 5.74) is -0.490. The lowest BCUT2D eigenvalue weighted by Crippen LogP contribution is -2.38. The summed E-state index contributed by atoms with van der Waals surface area (Å²) in [6.07, 6.45) is -0.435. The van der Waals surface area contributed by atoms with E-state index in [0.717, 1.165) is 0 Å². The number of hydrogen-bond acceptors (Lipinski definition) is 3. The smallest absolute Gasteiger partial charge is 0.407 e. The van der Waals surface area contributed by atoms with Gasteiger partial charge in [0.2, 0.25) is 5.91 Å². The van der Waals surface area contributed by atoms with Gasteiger partial charge in [-0.2, -0.15) is 0 Å². The van der Waals surface area contributed by atoms with Crippen LogP contribution in [-0.4, -0.2) is 30.2 Å². The lowest BCUT2D eigenvalue weighted by atomic mass is 10.2. The van der Waals surface area contributed by atoms with E-state index in [2.05, 4.69) is 10.6 Å². The Kier molecular flexibility index (Phi) is 2.13. The van der Waals surface area contributed by atoms with Crippen LogP contribution in [0.4, 0.5) is 4.79 Å². The van der Waals surface area contributed by atoms with E-state index >= 15 is 0 Å². The SMILES string of the molecule is CC(C)(C)OC(=O)N[C@@H]1[C@H]2CNC(=O)[C@H]21. The van der Waals surface area contributed by atoms with Gasteiger partial charge in [0.05, 0.1) is 5.92 Å². The Morgan fingerprint density at radius 2 is 2.20 bits per heavy atom. The first-order valence-electron chi connectivity index (χ1n) is 5.16. The lowest BCUT2D eigenvalue weighted by molar-refractivity contribution is -0.121. The number of carbonyl (C=O) groups excluding carboxylic acids is 2. The highest BCUT2D eigenvalue weighted by atomic mass is 16.6. The topological polar surface area (TPSA) is 67.4 Å². The molecule has 1 heterocycles. The Morgan fingerprint density at radius 3 is 2.67 bits per heavy atom. The van der Waals surface area contributed by atoms with Crippen molar-refractivity contribution in [3.63, 3.8) is 0 Å². The number of fused-ring (bicyclic) bond motifs is 1. The number of piperidine rings is 1. The summed E-state index contributed by atoms with van der Waals surface area (Å²) < 4.78 is 5.11. The van der Waals surface area contributed by atoms with Crippen molar-refractivity contribution in [2.24, 2.45) is 11.8 Å². The van der Waals surface area contributed by atoms with Gasteiger partial charge in [0, 0.05) is 18.5 Å². The molecule has 1 saturated carbocycles. The molecule has 1 aliphatic heterocycles. The molecule has 0 aromatic heterocycles. The monoisotopic (exact) mass is 212 g/mol. The summed E-state index contributed by atoms with van der Waals surface area (Å²) in [7, 11) is 0. The molecule has 3 atom stereocenters. The van der Waals surface area contributed by atoms with Crippen LogP contribution >= 0.6 is 0 Å². The largest absolute Gasteiger partial charge is 0.444 e. The van der Waals surface area contributed by atoms with Crippen LogP contribution in [0.3, 0.4) is 0 Å². The van der Waals surface area contributed by atoms with Gasteiger partial charge in [-0.15, -0.1) is 0 Å². The molecule has 0 radical (unpaired) electrons. The minimum absolute atomic E-state index is 0.0198. The van der Waals surface area contributed by atoms with Gasteiger partial charge in [0.25, 0.3) is 0 Å². The number of alkyl carbamates (subject to hydrolysis) is 1.